The number of urea groups is 1. The molecule has 2 atom stereocenters. The second-order valence-corrected chi connectivity index (χ2v) is 5.47. The van der Waals surface area contributed by atoms with Crippen LogP contribution in [-0.2, 0) is 13.0 Å². The average molecular weight is 289 g/mol. The van der Waals surface area contributed by atoms with E-state index in [1.807, 2.05) is 29.6 Å². The predicted octanol–water partition coefficient (Wildman–Crippen LogP) is 1.60. The van der Waals surface area contributed by atoms with Crippen LogP contribution in [0.25, 0.3) is 0 Å². The van der Waals surface area contributed by atoms with Crippen molar-refractivity contribution in [2.24, 2.45) is 0 Å². The lowest BCUT2D eigenvalue weighted by Gasteiger charge is -2.18. The van der Waals surface area contributed by atoms with Crippen LogP contribution in [0.15, 0.2) is 35.2 Å². The summed E-state index contributed by atoms with van der Waals surface area (Å²) in [6.07, 6.45) is 0.00476. The van der Waals surface area contributed by atoms with Gasteiger partial charge in [-0.2, -0.15) is 0 Å². The number of aliphatic hydroxyl groups is 1. The Kier molecular flexibility index (Phi) is 3.66. The van der Waals surface area contributed by atoms with Gasteiger partial charge in [0.05, 0.1) is 29.9 Å². The first-order chi connectivity index (χ1) is 9.74. The van der Waals surface area contributed by atoms with Crippen LogP contribution in [0.1, 0.15) is 22.9 Å². The monoisotopic (exact) mass is 289 g/mol. The zero-order valence-corrected chi connectivity index (χ0v) is 11.6. The topological polar surface area (TPSA) is 74.2 Å². The highest BCUT2D eigenvalue weighted by molar-refractivity contribution is 7.07. The molecule has 1 aliphatic carbocycles. The number of carbonyl (C=O) groups is 1. The maximum atomic E-state index is 11.9. The van der Waals surface area contributed by atoms with E-state index in [9.17, 15) is 9.90 Å². The number of fused-ring (bicyclic) bond motifs is 1. The molecule has 1 heterocycles. The fourth-order valence-corrected chi connectivity index (χ4v) is 2.99. The van der Waals surface area contributed by atoms with E-state index in [1.54, 1.807) is 5.51 Å². The fraction of sp³-hybridized carbons (Fsp3) is 0.286. The van der Waals surface area contributed by atoms with Gasteiger partial charge in [0.25, 0.3) is 0 Å². The molecule has 0 aliphatic heterocycles. The van der Waals surface area contributed by atoms with Gasteiger partial charge in [-0.15, -0.1) is 11.3 Å². The highest BCUT2D eigenvalue weighted by Crippen LogP contribution is 2.30. The van der Waals surface area contributed by atoms with Crippen LogP contribution in [0.5, 0.6) is 0 Å². The minimum absolute atomic E-state index is 0.293. The Hall–Kier alpha value is -1.92. The van der Waals surface area contributed by atoms with Crippen molar-refractivity contribution < 1.29 is 9.90 Å². The summed E-state index contributed by atoms with van der Waals surface area (Å²) >= 11 is 1.49. The molecule has 0 saturated heterocycles. The molecule has 2 unspecified atom stereocenters. The maximum Gasteiger partial charge on any atom is 0.315 e. The Morgan fingerprint density at radius 3 is 3.10 bits per heavy atom. The summed E-state index contributed by atoms with van der Waals surface area (Å²) < 4.78 is 0. The fourth-order valence-electron chi connectivity index (χ4n) is 2.44. The van der Waals surface area contributed by atoms with Crippen LogP contribution in [0, 0.1) is 0 Å². The summed E-state index contributed by atoms with van der Waals surface area (Å²) in [5, 5.41) is 17.5. The van der Waals surface area contributed by atoms with Crippen molar-refractivity contribution in [2.45, 2.75) is 25.1 Å². The van der Waals surface area contributed by atoms with E-state index in [0.29, 0.717) is 13.0 Å². The van der Waals surface area contributed by atoms with E-state index >= 15 is 0 Å². The molecule has 2 amide bonds. The lowest BCUT2D eigenvalue weighted by atomic mass is 10.1. The summed E-state index contributed by atoms with van der Waals surface area (Å²) in [5.41, 5.74) is 4.64. The molecule has 20 heavy (non-hydrogen) atoms. The van der Waals surface area contributed by atoms with Gasteiger partial charge >= 0.3 is 6.03 Å². The van der Waals surface area contributed by atoms with E-state index in [-0.39, 0.29) is 12.1 Å². The van der Waals surface area contributed by atoms with Gasteiger partial charge in [0.1, 0.15) is 0 Å². The number of benzene rings is 1. The molecule has 3 rings (SSSR count). The van der Waals surface area contributed by atoms with Crippen LogP contribution < -0.4 is 10.6 Å². The Labute approximate surface area is 120 Å². The van der Waals surface area contributed by atoms with Crippen LogP contribution >= 0.6 is 11.3 Å². The number of nitrogens with zero attached hydrogens (tertiary/aromatic N) is 1. The average Bonchev–Trinajstić information content (AvgIpc) is 3.06. The summed E-state index contributed by atoms with van der Waals surface area (Å²) in [6, 6.07) is 7.14. The molecule has 104 valence electrons. The van der Waals surface area contributed by atoms with Gasteiger partial charge in [-0.3, -0.25) is 0 Å². The van der Waals surface area contributed by atoms with Crippen molar-refractivity contribution in [3.05, 3.63) is 52.0 Å². The number of hydrogen-bond donors (Lipinski definition) is 3. The molecule has 1 aromatic heterocycles. The molecule has 6 heteroatoms. The number of nitrogens with one attached hydrogen (secondary N) is 2. The van der Waals surface area contributed by atoms with Crippen molar-refractivity contribution in [3.63, 3.8) is 0 Å². The van der Waals surface area contributed by atoms with E-state index < -0.39 is 6.10 Å². The summed E-state index contributed by atoms with van der Waals surface area (Å²) in [7, 11) is 0. The molecule has 1 aliphatic rings. The van der Waals surface area contributed by atoms with Gasteiger partial charge in [-0.25, -0.2) is 9.78 Å². The minimum Gasteiger partial charge on any atom is -0.390 e. The molecule has 2 aromatic rings. The van der Waals surface area contributed by atoms with Crippen LogP contribution in [0.2, 0.25) is 0 Å². The lowest BCUT2D eigenvalue weighted by molar-refractivity contribution is 0.142. The first-order valence-corrected chi connectivity index (χ1v) is 7.35. The number of hydrogen-bond acceptors (Lipinski definition) is 4. The number of thiazole rings is 1. The molecule has 1 aromatic carbocycles. The number of carbonyl (C=O) groups excluding carboxylic acids is 1. The second kappa shape index (κ2) is 5.60. The standard InChI is InChI=1S/C14H15N3O2S/c18-12-5-9-3-1-2-4-11(9)13(12)17-14(19)15-6-10-7-20-8-16-10/h1-4,7-8,12-13,18H,5-6H2,(H2,15,17,19). The molecule has 3 N–H and O–H groups in total. The molecule has 0 bridgehead atoms. The summed E-state index contributed by atoms with van der Waals surface area (Å²) in [4.78, 5) is 16.0. The van der Waals surface area contributed by atoms with E-state index in [4.69, 9.17) is 0 Å². The van der Waals surface area contributed by atoms with Crippen LogP contribution in [0.3, 0.4) is 0 Å². The van der Waals surface area contributed by atoms with Crippen molar-refractivity contribution in [2.75, 3.05) is 0 Å². The van der Waals surface area contributed by atoms with Crippen molar-refractivity contribution in [1.82, 2.24) is 15.6 Å². The lowest BCUT2D eigenvalue weighted by Crippen LogP contribution is -2.40. The molecule has 0 radical (unpaired) electrons. The Balaban J connectivity index is 1.61. The minimum atomic E-state index is -0.572. The number of rotatable bonds is 3. The van der Waals surface area contributed by atoms with Gasteiger partial charge in [0, 0.05) is 11.8 Å². The first-order valence-electron chi connectivity index (χ1n) is 6.41. The van der Waals surface area contributed by atoms with Gasteiger partial charge in [0.2, 0.25) is 0 Å². The second-order valence-electron chi connectivity index (χ2n) is 4.75. The Bertz CT molecular complexity index is 600. The molecular formula is C14H15N3O2S. The van der Waals surface area contributed by atoms with Gasteiger partial charge in [0.15, 0.2) is 0 Å². The van der Waals surface area contributed by atoms with Crippen molar-refractivity contribution >= 4 is 17.4 Å². The van der Waals surface area contributed by atoms with Gasteiger partial charge in [-0.05, 0) is 11.1 Å². The zero-order chi connectivity index (χ0) is 13.9. The van der Waals surface area contributed by atoms with Crippen molar-refractivity contribution in [1.29, 1.82) is 0 Å². The third kappa shape index (κ3) is 2.66. The number of amides is 2. The molecule has 5 nitrogen and oxygen atoms in total. The third-order valence-corrected chi connectivity index (χ3v) is 4.04. The van der Waals surface area contributed by atoms with E-state index in [2.05, 4.69) is 15.6 Å². The SMILES string of the molecule is O=C(NCc1cscn1)NC1c2ccccc2CC1O. The first kappa shape index (κ1) is 13.1. The predicted molar refractivity (Wildman–Crippen MR) is 76.4 cm³/mol. The molecule has 0 fully saturated rings. The smallest absolute Gasteiger partial charge is 0.315 e. The quantitative estimate of drug-likeness (QED) is 0.803. The van der Waals surface area contributed by atoms with Gasteiger partial charge < -0.3 is 15.7 Å². The Morgan fingerprint density at radius 2 is 2.30 bits per heavy atom. The summed E-state index contributed by atoms with van der Waals surface area (Å²) in [5.74, 6) is 0. The Morgan fingerprint density at radius 1 is 1.45 bits per heavy atom. The van der Waals surface area contributed by atoms with E-state index in [0.717, 1.165) is 16.8 Å². The van der Waals surface area contributed by atoms with Crippen molar-refractivity contribution in [3.8, 4) is 0 Å². The highest BCUT2D eigenvalue weighted by atomic mass is 32.1. The number of aromatic nitrogens is 1. The van der Waals surface area contributed by atoms with E-state index in [1.165, 1.54) is 11.3 Å². The summed E-state index contributed by atoms with van der Waals surface area (Å²) in [6.45, 7) is 0.389. The normalized spacial score (nSPS) is 20.4. The molecular weight excluding hydrogens is 274 g/mol. The number of aliphatic hydroxyl groups excluding tert-OH is 1. The van der Waals surface area contributed by atoms with Crippen LogP contribution in [0.4, 0.5) is 4.79 Å². The third-order valence-electron chi connectivity index (χ3n) is 3.40. The highest BCUT2D eigenvalue weighted by Gasteiger charge is 2.31. The zero-order valence-electron chi connectivity index (χ0n) is 10.7. The van der Waals surface area contributed by atoms with Crippen LogP contribution in [-0.4, -0.2) is 22.2 Å². The van der Waals surface area contributed by atoms with Gasteiger partial charge in [-0.1, -0.05) is 24.3 Å². The largest absolute Gasteiger partial charge is 0.390 e. The molecule has 0 spiro atoms. The molecule has 0 saturated carbocycles. The maximum absolute atomic E-state index is 11.9.